The van der Waals surface area contributed by atoms with Crippen LogP contribution in [-0.2, 0) is 4.79 Å². The number of aryl methyl sites for hydroxylation is 1. The molecule has 1 amide bonds. The van der Waals surface area contributed by atoms with Gasteiger partial charge in [0.1, 0.15) is 11.8 Å². The van der Waals surface area contributed by atoms with Gasteiger partial charge in [0.05, 0.1) is 18.0 Å². The highest BCUT2D eigenvalue weighted by Gasteiger charge is 2.42. The molecule has 1 aliphatic rings. The van der Waals surface area contributed by atoms with Crippen LogP contribution in [0.4, 0.5) is 11.4 Å². The van der Waals surface area contributed by atoms with Crippen LogP contribution in [0.3, 0.4) is 0 Å². The summed E-state index contributed by atoms with van der Waals surface area (Å²) >= 11 is 5.69. The Kier molecular flexibility index (Phi) is 5.31. The summed E-state index contributed by atoms with van der Waals surface area (Å²) in [5, 5.41) is 6.93. The van der Waals surface area contributed by atoms with Gasteiger partial charge in [-0.25, -0.2) is 0 Å². The zero-order chi connectivity index (χ0) is 20.4. The summed E-state index contributed by atoms with van der Waals surface area (Å²) in [5.74, 6) is 0.789. The first-order valence-electron chi connectivity index (χ1n) is 9.53. The molecule has 4 rings (SSSR count). The van der Waals surface area contributed by atoms with Crippen LogP contribution in [-0.4, -0.2) is 16.0 Å². The van der Waals surface area contributed by atoms with E-state index < -0.39 is 0 Å². The van der Waals surface area contributed by atoms with Gasteiger partial charge in [0.2, 0.25) is 5.91 Å². The molecule has 0 aliphatic carbocycles. The van der Waals surface area contributed by atoms with Crippen molar-refractivity contribution >= 4 is 34.6 Å². The summed E-state index contributed by atoms with van der Waals surface area (Å²) in [7, 11) is 0. The molecule has 3 aromatic rings. The van der Waals surface area contributed by atoms with Crippen molar-refractivity contribution in [3.05, 3.63) is 78.0 Å². The summed E-state index contributed by atoms with van der Waals surface area (Å²) < 4.78 is 5.76. The topological polar surface area (TPSA) is 70.4 Å². The Hall–Kier alpha value is -3.19. The van der Waals surface area contributed by atoms with E-state index in [0.29, 0.717) is 11.5 Å². The third kappa shape index (κ3) is 3.73. The minimum Gasteiger partial charge on any atom is -0.467 e. The minimum absolute atomic E-state index is 0.0112. The van der Waals surface area contributed by atoms with E-state index in [9.17, 15) is 4.79 Å². The van der Waals surface area contributed by atoms with E-state index in [1.54, 1.807) is 12.5 Å². The van der Waals surface area contributed by atoms with Crippen molar-refractivity contribution in [1.29, 1.82) is 0 Å². The summed E-state index contributed by atoms with van der Waals surface area (Å²) in [6.07, 6.45) is 3.88. The van der Waals surface area contributed by atoms with Crippen LogP contribution in [0, 0.1) is 6.92 Å². The zero-order valence-electron chi connectivity index (χ0n) is 16.3. The lowest BCUT2D eigenvalue weighted by atomic mass is 10.0. The molecule has 29 heavy (non-hydrogen) atoms. The number of carbonyl (C=O) groups is 1. The Morgan fingerprint density at radius 3 is 2.79 bits per heavy atom. The van der Waals surface area contributed by atoms with E-state index in [0.717, 1.165) is 28.4 Å². The monoisotopic (exact) mass is 406 g/mol. The molecule has 148 valence electrons. The van der Waals surface area contributed by atoms with Gasteiger partial charge in [-0.2, -0.15) is 0 Å². The fraction of sp³-hybridized carbons (Fsp3) is 0.227. The van der Waals surface area contributed by atoms with E-state index in [1.165, 1.54) is 0 Å². The summed E-state index contributed by atoms with van der Waals surface area (Å²) in [5.41, 5.74) is 3.58. The van der Waals surface area contributed by atoms with Crippen molar-refractivity contribution in [2.45, 2.75) is 32.4 Å². The molecule has 6 nitrogen and oxygen atoms in total. The Morgan fingerprint density at radius 2 is 2.14 bits per heavy atom. The normalized spacial score (nSPS) is 18.6. The summed E-state index contributed by atoms with van der Waals surface area (Å²) in [6.45, 7) is 3.80. The minimum atomic E-state index is -0.178. The Morgan fingerprint density at radius 1 is 1.28 bits per heavy atom. The van der Waals surface area contributed by atoms with E-state index in [2.05, 4.69) is 15.6 Å². The number of hydrogen-bond acceptors (Lipinski definition) is 4. The van der Waals surface area contributed by atoms with Crippen LogP contribution in [0.15, 0.2) is 65.4 Å². The van der Waals surface area contributed by atoms with Gasteiger partial charge >= 0.3 is 0 Å². The number of anilines is 2. The number of thiocarbonyl (C=S) groups is 1. The predicted molar refractivity (Wildman–Crippen MR) is 117 cm³/mol. The van der Waals surface area contributed by atoms with Gasteiger partial charge in [-0.15, -0.1) is 0 Å². The molecule has 0 unspecified atom stereocenters. The van der Waals surface area contributed by atoms with Crippen molar-refractivity contribution in [1.82, 2.24) is 10.3 Å². The van der Waals surface area contributed by atoms with E-state index in [1.807, 2.05) is 67.3 Å². The first-order valence-corrected chi connectivity index (χ1v) is 9.94. The number of hydrogen-bond donors (Lipinski definition) is 2. The lowest BCUT2D eigenvalue weighted by molar-refractivity contribution is -0.115. The van der Waals surface area contributed by atoms with Crippen LogP contribution in [0.1, 0.15) is 42.4 Å². The maximum atomic E-state index is 11.8. The highest BCUT2D eigenvalue weighted by molar-refractivity contribution is 7.80. The van der Waals surface area contributed by atoms with Gasteiger partial charge in [-0.3, -0.25) is 9.78 Å². The quantitative estimate of drug-likeness (QED) is 0.608. The third-order valence-corrected chi connectivity index (χ3v) is 5.33. The average molecular weight is 407 g/mol. The molecule has 3 heterocycles. The molecule has 7 heteroatoms. The number of nitrogens with zero attached hydrogens (tertiary/aromatic N) is 2. The highest BCUT2D eigenvalue weighted by Crippen LogP contribution is 2.42. The number of aromatic nitrogens is 1. The predicted octanol–water partition coefficient (Wildman–Crippen LogP) is 4.51. The fourth-order valence-electron chi connectivity index (χ4n) is 3.56. The van der Waals surface area contributed by atoms with Crippen LogP contribution in [0.25, 0.3) is 0 Å². The number of pyridine rings is 1. The molecule has 0 bridgehead atoms. The van der Waals surface area contributed by atoms with Gasteiger partial charge < -0.3 is 20.0 Å². The number of furan rings is 1. The smallest absolute Gasteiger partial charge is 0.224 e. The van der Waals surface area contributed by atoms with Gasteiger partial charge in [-0.05, 0) is 67.2 Å². The van der Waals surface area contributed by atoms with Crippen molar-refractivity contribution in [3.63, 3.8) is 0 Å². The van der Waals surface area contributed by atoms with E-state index >= 15 is 0 Å². The van der Waals surface area contributed by atoms with E-state index in [4.69, 9.17) is 16.6 Å². The molecule has 0 radical (unpaired) electrons. The molecule has 2 N–H and O–H groups in total. The number of benzene rings is 1. The van der Waals surface area contributed by atoms with Crippen LogP contribution >= 0.6 is 12.2 Å². The van der Waals surface area contributed by atoms with Crippen molar-refractivity contribution in [2.75, 3.05) is 10.2 Å². The summed E-state index contributed by atoms with van der Waals surface area (Å²) in [6, 6.07) is 15.2. The first-order chi connectivity index (χ1) is 14.1. The number of nitrogens with one attached hydrogen (secondary N) is 2. The number of amides is 1. The Labute approximate surface area is 174 Å². The lowest BCUT2D eigenvalue weighted by Gasteiger charge is -2.26. The van der Waals surface area contributed by atoms with Gasteiger partial charge in [0.15, 0.2) is 5.11 Å². The van der Waals surface area contributed by atoms with Crippen LogP contribution < -0.4 is 15.5 Å². The first kappa shape index (κ1) is 19.1. The SMILES string of the molecule is CCC(=O)Nc1ccc(N2C(=S)N[C@@H](c3ccccn3)[C@@H]2c2ccco2)cc1C. The second kappa shape index (κ2) is 8.05. The average Bonchev–Trinajstić information content (AvgIpc) is 3.37. The molecular formula is C22H22N4O2S. The molecule has 2 aromatic heterocycles. The highest BCUT2D eigenvalue weighted by atomic mass is 32.1. The Bertz CT molecular complexity index is 1020. The van der Waals surface area contributed by atoms with Gasteiger partial charge in [0.25, 0.3) is 0 Å². The largest absolute Gasteiger partial charge is 0.467 e. The standard InChI is InChI=1S/C22H22N4O2S/c1-3-19(27)24-16-10-9-15(13-14(16)2)26-21(18-8-6-12-28-18)20(25-22(26)29)17-7-4-5-11-23-17/h4-13,20-21H,3H2,1-2H3,(H,24,27)(H,25,29)/t20-,21-/m0/s1. The summed E-state index contributed by atoms with van der Waals surface area (Å²) in [4.78, 5) is 18.3. The van der Waals surface area contributed by atoms with Crippen molar-refractivity contribution in [3.8, 4) is 0 Å². The van der Waals surface area contributed by atoms with Crippen molar-refractivity contribution in [2.24, 2.45) is 0 Å². The number of carbonyl (C=O) groups excluding carboxylic acids is 1. The van der Waals surface area contributed by atoms with Gasteiger partial charge in [0, 0.05) is 24.0 Å². The fourth-order valence-corrected chi connectivity index (χ4v) is 3.90. The molecule has 1 aliphatic heterocycles. The lowest BCUT2D eigenvalue weighted by Crippen LogP contribution is -2.29. The van der Waals surface area contributed by atoms with Crippen molar-refractivity contribution < 1.29 is 9.21 Å². The molecular weight excluding hydrogens is 384 g/mol. The number of rotatable bonds is 5. The second-order valence-electron chi connectivity index (χ2n) is 6.91. The zero-order valence-corrected chi connectivity index (χ0v) is 17.1. The third-order valence-electron chi connectivity index (χ3n) is 5.02. The second-order valence-corrected chi connectivity index (χ2v) is 7.30. The van der Waals surface area contributed by atoms with Gasteiger partial charge in [-0.1, -0.05) is 13.0 Å². The molecule has 1 aromatic carbocycles. The molecule has 1 fully saturated rings. The van der Waals surface area contributed by atoms with Crippen LogP contribution in [0.5, 0.6) is 0 Å². The molecule has 1 saturated heterocycles. The maximum absolute atomic E-state index is 11.8. The van der Waals surface area contributed by atoms with Crippen LogP contribution in [0.2, 0.25) is 0 Å². The van der Waals surface area contributed by atoms with E-state index in [-0.39, 0.29) is 18.0 Å². The maximum Gasteiger partial charge on any atom is 0.224 e. The molecule has 0 spiro atoms. The Balaban J connectivity index is 1.73. The molecule has 0 saturated carbocycles. The molecule has 2 atom stereocenters.